The Labute approximate surface area is 100 Å². The number of rotatable bonds is 2. The lowest BCUT2D eigenvalue weighted by Crippen LogP contribution is -2.18. The Morgan fingerprint density at radius 1 is 1.40 bits per heavy atom. The minimum absolute atomic E-state index is 0.0381. The molecule has 0 aliphatic heterocycles. The molecule has 1 aromatic rings. The molecular weight excluding hydrogens is 345 g/mol. The number of pyridine rings is 1. The zero-order chi connectivity index (χ0) is 11.6. The third-order valence-electron chi connectivity index (χ3n) is 1.44. The number of ether oxygens (including phenoxy) is 1. The van der Waals surface area contributed by atoms with Crippen LogP contribution in [0.25, 0.3) is 0 Å². The molecule has 0 atom stereocenters. The molecule has 0 unspecified atom stereocenters. The van der Waals surface area contributed by atoms with E-state index in [0.717, 1.165) is 0 Å². The van der Waals surface area contributed by atoms with Crippen LogP contribution in [0.2, 0.25) is 0 Å². The fourth-order valence-corrected chi connectivity index (χ4v) is 2.01. The summed E-state index contributed by atoms with van der Waals surface area (Å²) in [5, 5.41) is 0. The van der Waals surface area contributed by atoms with Gasteiger partial charge in [-0.25, -0.2) is 4.98 Å². The summed E-state index contributed by atoms with van der Waals surface area (Å²) in [5.74, 6) is -0.426. The molecule has 3 nitrogen and oxygen atoms in total. The standard InChI is InChI=1S/C7H5Br2F3N2O/c8-4-3(1-13)2-14-6(9)5(4)15-7(10,11)12/h2H,1,13H2. The molecule has 84 valence electrons. The van der Waals surface area contributed by atoms with E-state index in [4.69, 9.17) is 5.73 Å². The summed E-state index contributed by atoms with van der Waals surface area (Å²) in [4.78, 5) is 3.68. The van der Waals surface area contributed by atoms with Gasteiger partial charge in [0.2, 0.25) is 0 Å². The SMILES string of the molecule is NCc1cnc(Br)c(OC(F)(F)F)c1Br. The summed E-state index contributed by atoms with van der Waals surface area (Å²) in [5.41, 5.74) is 5.74. The smallest absolute Gasteiger partial charge is 0.402 e. The highest BCUT2D eigenvalue weighted by molar-refractivity contribution is 9.11. The highest BCUT2D eigenvalue weighted by Crippen LogP contribution is 2.37. The van der Waals surface area contributed by atoms with Gasteiger partial charge in [0, 0.05) is 18.3 Å². The second-order valence-electron chi connectivity index (χ2n) is 2.47. The zero-order valence-corrected chi connectivity index (χ0v) is 10.3. The third-order valence-corrected chi connectivity index (χ3v) is 2.87. The predicted octanol–water partition coefficient (Wildman–Crippen LogP) is 2.96. The molecule has 0 amide bonds. The molecule has 0 saturated heterocycles. The summed E-state index contributed by atoms with van der Waals surface area (Å²) in [6.45, 7) is 0.0646. The van der Waals surface area contributed by atoms with Crippen LogP contribution in [0, 0.1) is 0 Å². The number of nitrogens with two attached hydrogens (primary N) is 1. The van der Waals surface area contributed by atoms with Crippen molar-refractivity contribution < 1.29 is 17.9 Å². The second kappa shape index (κ2) is 4.67. The lowest BCUT2D eigenvalue weighted by atomic mass is 10.3. The van der Waals surface area contributed by atoms with Crippen molar-refractivity contribution in [2.75, 3.05) is 0 Å². The van der Waals surface area contributed by atoms with E-state index in [0.29, 0.717) is 5.56 Å². The van der Waals surface area contributed by atoms with Crippen LogP contribution >= 0.6 is 31.9 Å². The Balaban J connectivity index is 3.15. The molecule has 1 rings (SSSR count). The number of alkyl halides is 3. The first kappa shape index (κ1) is 12.7. The van der Waals surface area contributed by atoms with Gasteiger partial charge in [0.05, 0.1) is 4.47 Å². The van der Waals surface area contributed by atoms with Crippen LogP contribution in [0.4, 0.5) is 13.2 Å². The zero-order valence-electron chi connectivity index (χ0n) is 7.11. The summed E-state index contributed by atoms with van der Waals surface area (Å²) < 4.78 is 39.9. The van der Waals surface area contributed by atoms with Crippen molar-refractivity contribution in [3.63, 3.8) is 0 Å². The van der Waals surface area contributed by atoms with Gasteiger partial charge in [-0.05, 0) is 31.9 Å². The molecule has 0 aromatic carbocycles. The summed E-state index contributed by atoms with van der Waals surface area (Å²) in [7, 11) is 0. The van der Waals surface area contributed by atoms with Crippen molar-refractivity contribution in [3.8, 4) is 5.75 Å². The molecule has 0 spiro atoms. The van der Waals surface area contributed by atoms with Gasteiger partial charge in [0.1, 0.15) is 4.60 Å². The Morgan fingerprint density at radius 3 is 2.47 bits per heavy atom. The first-order valence-electron chi connectivity index (χ1n) is 3.64. The van der Waals surface area contributed by atoms with Crippen molar-refractivity contribution in [1.29, 1.82) is 0 Å². The van der Waals surface area contributed by atoms with E-state index in [-0.39, 0.29) is 15.6 Å². The highest BCUT2D eigenvalue weighted by atomic mass is 79.9. The normalized spacial score (nSPS) is 11.6. The maximum Gasteiger partial charge on any atom is 0.573 e. The average molecular weight is 350 g/mol. The number of hydrogen-bond donors (Lipinski definition) is 1. The molecule has 2 N–H and O–H groups in total. The van der Waals surface area contributed by atoms with Crippen molar-refractivity contribution in [2.24, 2.45) is 5.73 Å². The average Bonchev–Trinajstić information content (AvgIpc) is 2.11. The summed E-state index contributed by atoms with van der Waals surface area (Å²) in [6, 6.07) is 0. The van der Waals surface area contributed by atoms with E-state index in [1.807, 2.05) is 0 Å². The van der Waals surface area contributed by atoms with Crippen LogP contribution in [-0.2, 0) is 6.54 Å². The van der Waals surface area contributed by atoms with Crippen molar-refractivity contribution in [3.05, 3.63) is 20.8 Å². The van der Waals surface area contributed by atoms with Gasteiger partial charge in [-0.3, -0.25) is 0 Å². The van der Waals surface area contributed by atoms with Crippen LogP contribution in [0.5, 0.6) is 5.75 Å². The van der Waals surface area contributed by atoms with Crippen LogP contribution < -0.4 is 10.5 Å². The lowest BCUT2D eigenvalue weighted by Gasteiger charge is -2.13. The minimum atomic E-state index is -4.76. The predicted molar refractivity (Wildman–Crippen MR) is 54.2 cm³/mol. The van der Waals surface area contributed by atoms with E-state index < -0.39 is 12.1 Å². The van der Waals surface area contributed by atoms with Gasteiger partial charge in [-0.2, -0.15) is 0 Å². The molecule has 0 bridgehead atoms. The number of aromatic nitrogens is 1. The van der Waals surface area contributed by atoms with Crippen LogP contribution in [0.1, 0.15) is 5.56 Å². The van der Waals surface area contributed by atoms with Crippen LogP contribution in [0.15, 0.2) is 15.3 Å². The molecule has 0 fully saturated rings. The fraction of sp³-hybridized carbons (Fsp3) is 0.286. The van der Waals surface area contributed by atoms with Gasteiger partial charge < -0.3 is 10.5 Å². The molecule has 0 radical (unpaired) electrons. The molecular formula is C7H5Br2F3N2O. The molecule has 15 heavy (non-hydrogen) atoms. The van der Waals surface area contributed by atoms with Gasteiger partial charge in [-0.15, -0.1) is 13.2 Å². The summed E-state index contributed by atoms with van der Waals surface area (Å²) >= 11 is 5.83. The summed E-state index contributed by atoms with van der Waals surface area (Å²) in [6.07, 6.45) is -3.41. The molecule has 0 aliphatic carbocycles. The first-order chi connectivity index (χ1) is 6.85. The molecule has 1 aromatic heterocycles. The van der Waals surface area contributed by atoms with Gasteiger partial charge in [0.25, 0.3) is 0 Å². The Bertz CT molecular complexity index is 370. The minimum Gasteiger partial charge on any atom is -0.402 e. The van der Waals surface area contributed by atoms with E-state index in [2.05, 4.69) is 41.6 Å². The molecule has 0 aliphatic rings. The van der Waals surface area contributed by atoms with Crippen LogP contribution in [0.3, 0.4) is 0 Å². The number of nitrogens with zero attached hydrogens (tertiary/aromatic N) is 1. The quantitative estimate of drug-likeness (QED) is 0.835. The Kier molecular flexibility index (Phi) is 3.96. The fourth-order valence-electron chi connectivity index (χ4n) is 0.831. The third kappa shape index (κ3) is 3.32. The Hall–Kier alpha value is -0.340. The lowest BCUT2D eigenvalue weighted by molar-refractivity contribution is -0.275. The maximum atomic E-state index is 12.0. The maximum absolute atomic E-state index is 12.0. The van der Waals surface area contributed by atoms with Crippen LogP contribution in [-0.4, -0.2) is 11.3 Å². The molecule has 8 heteroatoms. The topological polar surface area (TPSA) is 48.1 Å². The molecule has 1 heterocycles. The molecule has 0 saturated carbocycles. The Morgan fingerprint density at radius 2 is 2.00 bits per heavy atom. The van der Waals surface area contributed by atoms with Gasteiger partial charge in [0.15, 0.2) is 5.75 Å². The van der Waals surface area contributed by atoms with E-state index in [1.54, 1.807) is 0 Å². The van der Waals surface area contributed by atoms with Gasteiger partial charge >= 0.3 is 6.36 Å². The van der Waals surface area contributed by atoms with Gasteiger partial charge in [-0.1, -0.05) is 0 Å². The number of hydrogen-bond acceptors (Lipinski definition) is 3. The largest absolute Gasteiger partial charge is 0.573 e. The van der Waals surface area contributed by atoms with E-state index >= 15 is 0 Å². The first-order valence-corrected chi connectivity index (χ1v) is 5.22. The van der Waals surface area contributed by atoms with Crippen molar-refractivity contribution >= 4 is 31.9 Å². The van der Waals surface area contributed by atoms with Crippen molar-refractivity contribution in [2.45, 2.75) is 12.9 Å². The highest BCUT2D eigenvalue weighted by Gasteiger charge is 2.33. The number of halogens is 5. The van der Waals surface area contributed by atoms with E-state index in [9.17, 15) is 13.2 Å². The second-order valence-corrected chi connectivity index (χ2v) is 4.01. The monoisotopic (exact) mass is 348 g/mol. The van der Waals surface area contributed by atoms with Crippen molar-refractivity contribution in [1.82, 2.24) is 4.98 Å². The van der Waals surface area contributed by atoms with E-state index in [1.165, 1.54) is 6.20 Å².